The van der Waals surface area contributed by atoms with Crippen LogP contribution in [0, 0.1) is 17.8 Å². The molecule has 0 radical (unpaired) electrons. The highest BCUT2D eigenvalue weighted by Crippen LogP contribution is 2.28. The topological polar surface area (TPSA) is 84.2 Å². The Bertz CT molecular complexity index is 350. The maximum Gasteiger partial charge on any atom is 0.239 e. The first kappa shape index (κ1) is 20.2. The molecule has 0 spiro atoms. The number of carbonyl (C=O) groups excluding carboxylic acids is 2. The number of hydrogen-bond acceptors (Lipinski definition) is 3. The summed E-state index contributed by atoms with van der Waals surface area (Å²) < 4.78 is 0. The lowest BCUT2D eigenvalue weighted by atomic mass is 9.80. The van der Waals surface area contributed by atoms with Crippen LogP contribution in [0.25, 0.3) is 0 Å². The van der Waals surface area contributed by atoms with E-state index in [0.29, 0.717) is 5.92 Å². The van der Waals surface area contributed by atoms with Crippen LogP contribution in [0.2, 0.25) is 0 Å². The molecular formula is C15H30ClN3O2. The second-order valence-electron chi connectivity index (χ2n) is 6.56. The van der Waals surface area contributed by atoms with Crippen LogP contribution in [0.4, 0.5) is 0 Å². The van der Waals surface area contributed by atoms with Gasteiger partial charge in [-0.05, 0) is 37.0 Å². The van der Waals surface area contributed by atoms with Gasteiger partial charge in [-0.3, -0.25) is 9.59 Å². The van der Waals surface area contributed by atoms with Crippen molar-refractivity contribution >= 4 is 24.2 Å². The minimum Gasteiger partial charge on any atom is -0.352 e. The highest BCUT2D eigenvalue weighted by Gasteiger charge is 2.26. The van der Waals surface area contributed by atoms with Gasteiger partial charge in [-0.25, -0.2) is 0 Å². The van der Waals surface area contributed by atoms with Crippen molar-refractivity contribution in [2.24, 2.45) is 23.5 Å². The fourth-order valence-corrected chi connectivity index (χ4v) is 2.73. The number of carbonyl (C=O) groups is 2. The largest absolute Gasteiger partial charge is 0.352 e. The molecule has 0 bridgehead atoms. The van der Waals surface area contributed by atoms with Gasteiger partial charge in [0.15, 0.2) is 0 Å². The van der Waals surface area contributed by atoms with E-state index in [2.05, 4.69) is 24.5 Å². The van der Waals surface area contributed by atoms with Crippen molar-refractivity contribution in [3.05, 3.63) is 0 Å². The lowest BCUT2D eigenvalue weighted by molar-refractivity contribution is -0.128. The lowest BCUT2D eigenvalue weighted by Crippen LogP contribution is -2.50. The summed E-state index contributed by atoms with van der Waals surface area (Å²) >= 11 is 0. The van der Waals surface area contributed by atoms with E-state index in [1.165, 1.54) is 0 Å². The molecule has 5 nitrogen and oxygen atoms in total. The summed E-state index contributed by atoms with van der Waals surface area (Å²) in [7, 11) is 0. The standard InChI is InChI=1S/C15H29N3O2.ClH/c1-9(2)14(16)15(20)17-8-13(19)18-12-6-5-10(3)7-11(12)4;/h9-12,14H,5-8,16H2,1-4H3,(H,17,20)(H,18,19);1H/t10?,11?,12?,14-;/m0./s1. The Balaban J connectivity index is 0.00000400. The molecule has 0 saturated heterocycles. The molecule has 4 N–H and O–H groups in total. The summed E-state index contributed by atoms with van der Waals surface area (Å²) in [4.78, 5) is 23.5. The summed E-state index contributed by atoms with van der Waals surface area (Å²) in [6, 6.07) is -0.327. The molecule has 0 aliphatic heterocycles. The van der Waals surface area contributed by atoms with Gasteiger partial charge in [0.2, 0.25) is 11.8 Å². The van der Waals surface area contributed by atoms with Gasteiger partial charge in [0.05, 0.1) is 12.6 Å². The van der Waals surface area contributed by atoms with Gasteiger partial charge in [-0.1, -0.05) is 27.7 Å². The fourth-order valence-electron chi connectivity index (χ4n) is 2.73. The van der Waals surface area contributed by atoms with E-state index in [1.54, 1.807) is 0 Å². The number of halogens is 1. The molecule has 124 valence electrons. The first-order valence-corrected chi connectivity index (χ1v) is 7.64. The summed E-state index contributed by atoms with van der Waals surface area (Å²) in [5, 5.41) is 5.62. The molecule has 1 saturated carbocycles. The molecule has 0 aromatic rings. The van der Waals surface area contributed by atoms with Gasteiger partial charge in [0, 0.05) is 6.04 Å². The number of nitrogens with two attached hydrogens (primary N) is 1. The monoisotopic (exact) mass is 319 g/mol. The van der Waals surface area contributed by atoms with E-state index >= 15 is 0 Å². The van der Waals surface area contributed by atoms with E-state index < -0.39 is 6.04 Å². The second-order valence-corrected chi connectivity index (χ2v) is 6.56. The fraction of sp³-hybridized carbons (Fsp3) is 0.867. The van der Waals surface area contributed by atoms with Crippen molar-refractivity contribution in [2.45, 2.75) is 59.0 Å². The van der Waals surface area contributed by atoms with Crippen LogP contribution in [0.3, 0.4) is 0 Å². The van der Waals surface area contributed by atoms with Crippen LogP contribution >= 0.6 is 12.4 Å². The molecule has 21 heavy (non-hydrogen) atoms. The smallest absolute Gasteiger partial charge is 0.239 e. The SMILES string of the molecule is CC1CCC(NC(=O)CNC(=O)[C@@H](N)C(C)C)C(C)C1.Cl. The maximum atomic E-state index is 11.9. The highest BCUT2D eigenvalue weighted by atomic mass is 35.5. The molecule has 1 aliphatic carbocycles. The van der Waals surface area contributed by atoms with Crippen molar-refractivity contribution in [2.75, 3.05) is 6.54 Å². The summed E-state index contributed by atoms with van der Waals surface area (Å²) in [6.45, 7) is 8.21. The molecule has 1 rings (SSSR count). The van der Waals surface area contributed by atoms with Crippen LogP contribution in [0.1, 0.15) is 47.0 Å². The Labute approximate surface area is 134 Å². The molecule has 0 heterocycles. The van der Waals surface area contributed by atoms with Crippen LogP contribution in [0.5, 0.6) is 0 Å². The Hall–Kier alpha value is -0.810. The van der Waals surface area contributed by atoms with Crippen molar-refractivity contribution in [1.82, 2.24) is 10.6 Å². The van der Waals surface area contributed by atoms with Crippen LogP contribution in [0.15, 0.2) is 0 Å². The zero-order valence-electron chi connectivity index (χ0n) is 13.5. The van der Waals surface area contributed by atoms with E-state index in [-0.39, 0.29) is 42.7 Å². The van der Waals surface area contributed by atoms with Gasteiger partial charge in [0.25, 0.3) is 0 Å². The molecule has 0 aromatic heterocycles. The molecule has 3 unspecified atom stereocenters. The third-order valence-corrected chi connectivity index (χ3v) is 4.22. The number of nitrogens with one attached hydrogen (secondary N) is 2. The van der Waals surface area contributed by atoms with E-state index in [1.807, 2.05) is 13.8 Å². The van der Waals surface area contributed by atoms with Gasteiger partial charge in [0.1, 0.15) is 0 Å². The third-order valence-electron chi connectivity index (χ3n) is 4.22. The maximum absolute atomic E-state index is 11.9. The van der Waals surface area contributed by atoms with Crippen molar-refractivity contribution in [3.63, 3.8) is 0 Å². The summed E-state index contributed by atoms with van der Waals surface area (Å²) in [5.74, 6) is 0.914. The Kier molecular flexibility index (Phi) is 8.90. The minimum atomic E-state index is -0.558. The second kappa shape index (κ2) is 9.26. The summed E-state index contributed by atoms with van der Waals surface area (Å²) in [6.07, 6.45) is 3.32. The van der Waals surface area contributed by atoms with E-state index in [9.17, 15) is 9.59 Å². The quantitative estimate of drug-likeness (QED) is 0.717. The number of rotatable bonds is 5. The Morgan fingerprint density at radius 1 is 1.24 bits per heavy atom. The predicted octanol–water partition coefficient (Wildman–Crippen LogP) is 1.45. The molecule has 6 heteroatoms. The van der Waals surface area contributed by atoms with Crippen LogP contribution in [-0.2, 0) is 9.59 Å². The molecule has 2 amide bonds. The van der Waals surface area contributed by atoms with Crippen molar-refractivity contribution < 1.29 is 9.59 Å². The zero-order valence-corrected chi connectivity index (χ0v) is 14.3. The first-order valence-electron chi connectivity index (χ1n) is 7.64. The normalized spacial score (nSPS) is 26.7. The van der Waals surface area contributed by atoms with Gasteiger partial charge in [-0.15, -0.1) is 12.4 Å². The van der Waals surface area contributed by atoms with Crippen molar-refractivity contribution in [1.29, 1.82) is 0 Å². The summed E-state index contributed by atoms with van der Waals surface area (Å²) in [5.41, 5.74) is 5.72. The minimum absolute atomic E-state index is 0. The number of amides is 2. The highest BCUT2D eigenvalue weighted by molar-refractivity contribution is 5.87. The van der Waals surface area contributed by atoms with E-state index in [4.69, 9.17) is 5.73 Å². The van der Waals surface area contributed by atoms with Gasteiger partial charge in [-0.2, -0.15) is 0 Å². The predicted molar refractivity (Wildman–Crippen MR) is 87.2 cm³/mol. The van der Waals surface area contributed by atoms with Gasteiger partial charge >= 0.3 is 0 Å². The molecule has 0 aromatic carbocycles. The van der Waals surface area contributed by atoms with E-state index in [0.717, 1.165) is 25.2 Å². The molecule has 4 atom stereocenters. The Morgan fingerprint density at radius 2 is 1.86 bits per heavy atom. The molecule has 1 aliphatic rings. The third kappa shape index (κ3) is 6.66. The lowest BCUT2D eigenvalue weighted by Gasteiger charge is -2.33. The van der Waals surface area contributed by atoms with Crippen molar-refractivity contribution in [3.8, 4) is 0 Å². The van der Waals surface area contributed by atoms with Gasteiger partial charge < -0.3 is 16.4 Å². The average Bonchev–Trinajstić information content (AvgIpc) is 2.38. The first-order chi connectivity index (χ1) is 9.31. The number of hydrogen-bond donors (Lipinski definition) is 3. The molecule has 1 fully saturated rings. The van der Waals surface area contributed by atoms with Crippen LogP contribution in [-0.4, -0.2) is 30.4 Å². The molecular weight excluding hydrogens is 290 g/mol. The Morgan fingerprint density at radius 3 is 2.38 bits per heavy atom. The zero-order chi connectivity index (χ0) is 15.3. The average molecular weight is 320 g/mol. The van der Waals surface area contributed by atoms with Crippen LogP contribution < -0.4 is 16.4 Å².